The van der Waals surface area contributed by atoms with E-state index in [0.717, 1.165) is 70.6 Å². The van der Waals surface area contributed by atoms with Gasteiger partial charge in [0.05, 0.1) is 25.4 Å². The van der Waals surface area contributed by atoms with Crippen LogP contribution in [0.25, 0.3) is 0 Å². The van der Waals surface area contributed by atoms with Gasteiger partial charge in [0.25, 0.3) is 0 Å². The van der Waals surface area contributed by atoms with Gasteiger partial charge in [-0.15, -0.1) is 0 Å². The first kappa shape index (κ1) is 59.3. The van der Waals surface area contributed by atoms with Crippen molar-refractivity contribution >= 4 is 11.9 Å². The van der Waals surface area contributed by atoms with Crippen LogP contribution >= 0.6 is 0 Å². The van der Waals surface area contributed by atoms with Crippen LogP contribution in [0.5, 0.6) is 0 Å². The molecule has 0 aliphatic rings. The van der Waals surface area contributed by atoms with Gasteiger partial charge in [0.1, 0.15) is 0 Å². The maximum Gasteiger partial charge on any atom is 0.305 e. The quantitative estimate of drug-likeness (QED) is 0.0322. The number of rotatable bonds is 50. The molecular formula is C55H105NO5. The first-order valence-electron chi connectivity index (χ1n) is 27.1. The fourth-order valence-corrected chi connectivity index (χ4v) is 8.27. The molecule has 1 amide bonds. The molecule has 0 aromatic carbocycles. The molecule has 0 aliphatic carbocycles. The maximum atomic E-state index is 12.4. The minimum Gasteiger partial charge on any atom is -0.466 e. The van der Waals surface area contributed by atoms with Gasteiger partial charge in [-0.3, -0.25) is 9.59 Å². The number of nitrogens with one attached hydrogen (secondary N) is 1. The van der Waals surface area contributed by atoms with Crippen molar-refractivity contribution in [2.45, 2.75) is 302 Å². The normalized spacial score (nSPS) is 12.8. The van der Waals surface area contributed by atoms with E-state index in [1.165, 1.54) is 193 Å². The molecule has 2 unspecified atom stereocenters. The molecule has 0 saturated heterocycles. The summed E-state index contributed by atoms with van der Waals surface area (Å²) < 4.78 is 5.45. The Balaban J connectivity index is 3.51. The number of carbonyl (C=O) groups is 2. The van der Waals surface area contributed by atoms with Crippen LogP contribution in [-0.2, 0) is 14.3 Å². The third kappa shape index (κ3) is 47.7. The van der Waals surface area contributed by atoms with Crippen LogP contribution in [0.4, 0.5) is 0 Å². The molecule has 3 N–H and O–H groups in total. The predicted octanol–water partition coefficient (Wildman–Crippen LogP) is 16.3. The summed E-state index contributed by atoms with van der Waals surface area (Å²) in [4.78, 5) is 24.4. The first-order chi connectivity index (χ1) is 30.0. The van der Waals surface area contributed by atoms with Crippen LogP contribution in [0.15, 0.2) is 24.3 Å². The van der Waals surface area contributed by atoms with E-state index in [0.29, 0.717) is 19.4 Å². The smallest absolute Gasteiger partial charge is 0.305 e. The summed E-state index contributed by atoms with van der Waals surface area (Å²) in [6.07, 6.45) is 60.4. The number of carbonyl (C=O) groups excluding carboxylic acids is 2. The van der Waals surface area contributed by atoms with Crippen LogP contribution in [0, 0.1) is 0 Å². The lowest BCUT2D eigenvalue weighted by Gasteiger charge is -2.20. The molecule has 6 nitrogen and oxygen atoms in total. The van der Waals surface area contributed by atoms with Crippen molar-refractivity contribution in [1.82, 2.24) is 5.32 Å². The third-order valence-electron chi connectivity index (χ3n) is 12.5. The van der Waals surface area contributed by atoms with Crippen molar-refractivity contribution in [2.24, 2.45) is 0 Å². The predicted molar refractivity (Wildman–Crippen MR) is 264 cm³/mol. The van der Waals surface area contributed by atoms with E-state index >= 15 is 0 Å². The number of hydrogen-bond donors (Lipinski definition) is 3. The molecular weight excluding hydrogens is 755 g/mol. The Morgan fingerprint density at radius 1 is 0.443 bits per heavy atom. The maximum absolute atomic E-state index is 12.4. The lowest BCUT2D eigenvalue weighted by atomic mass is 10.0. The van der Waals surface area contributed by atoms with Gasteiger partial charge >= 0.3 is 5.97 Å². The van der Waals surface area contributed by atoms with Gasteiger partial charge in [0, 0.05) is 12.8 Å². The number of ether oxygens (including phenoxy) is 1. The van der Waals surface area contributed by atoms with Gasteiger partial charge < -0.3 is 20.3 Å². The summed E-state index contributed by atoms with van der Waals surface area (Å²) in [6, 6.07) is -0.638. The van der Waals surface area contributed by atoms with Crippen molar-refractivity contribution < 1.29 is 24.5 Å². The summed E-state index contributed by atoms with van der Waals surface area (Å²) in [5, 5.41) is 23.1. The molecule has 0 saturated carbocycles. The molecule has 0 radical (unpaired) electrons. The lowest BCUT2D eigenvalue weighted by molar-refractivity contribution is -0.143. The standard InChI is InChI=1S/C55H105NO5/c1-3-5-7-9-11-13-15-17-18-20-24-27-31-35-39-43-47-53(58)52(51-57)56-54(59)48-44-40-36-32-28-25-21-19-22-26-30-34-38-42-46-50-61-55(60)49-45-41-37-33-29-23-16-14-12-10-8-6-4-2/h22,26,43,47,52-53,57-58H,3-21,23-25,27-42,44-46,48-51H2,1-2H3,(H,56,59)/b26-22-,47-43+. The molecule has 6 heteroatoms. The Morgan fingerprint density at radius 2 is 0.770 bits per heavy atom. The highest BCUT2D eigenvalue weighted by atomic mass is 16.5. The third-order valence-corrected chi connectivity index (χ3v) is 12.5. The zero-order valence-electron chi connectivity index (χ0n) is 40.9. The Labute approximate surface area is 380 Å². The van der Waals surface area contributed by atoms with Crippen molar-refractivity contribution in [2.75, 3.05) is 13.2 Å². The topological polar surface area (TPSA) is 95.9 Å². The van der Waals surface area contributed by atoms with Crippen LogP contribution in [0.3, 0.4) is 0 Å². The van der Waals surface area contributed by atoms with E-state index in [1.54, 1.807) is 6.08 Å². The SMILES string of the molecule is CCCCCCCCCCCCCCCC/C=C/C(O)C(CO)NC(=O)CCCCCCCCC/C=C\CCCCCCOC(=O)CCCCCCCCCCCCCCC. The number of aliphatic hydroxyl groups is 2. The van der Waals surface area contributed by atoms with E-state index in [9.17, 15) is 19.8 Å². The Morgan fingerprint density at radius 3 is 1.16 bits per heavy atom. The molecule has 360 valence electrons. The zero-order valence-corrected chi connectivity index (χ0v) is 40.9. The first-order valence-corrected chi connectivity index (χ1v) is 27.1. The van der Waals surface area contributed by atoms with E-state index in [-0.39, 0.29) is 18.5 Å². The molecule has 61 heavy (non-hydrogen) atoms. The molecule has 0 rings (SSSR count). The molecule has 2 atom stereocenters. The highest BCUT2D eigenvalue weighted by Crippen LogP contribution is 2.16. The summed E-state index contributed by atoms with van der Waals surface area (Å²) in [6.45, 7) is 4.87. The van der Waals surface area contributed by atoms with Gasteiger partial charge in [-0.25, -0.2) is 0 Å². The van der Waals surface area contributed by atoms with Crippen LogP contribution < -0.4 is 5.32 Å². The fourth-order valence-electron chi connectivity index (χ4n) is 8.27. The lowest BCUT2D eigenvalue weighted by Crippen LogP contribution is -2.45. The molecule has 0 fully saturated rings. The number of esters is 1. The number of hydrogen-bond acceptors (Lipinski definition) is 5. The van der Waals surface area contributed by atoms with Crippen molar-refractivity contribution in [3.05, 3.63) is 24.3 Å². The van der Waals surface area contributed by atoms with E-state index in [4.69, 9.17) is 4.74 Å². The summed E-state index contributed by atoms with van der Waals surface area (Å²) in [5.74, 6) is -0.0918. The minimum absolute atomic E-state index is 0.00974. The summed E-state index contributed by atoms with van der Waals surface area (Å²) in [5.41, 5.74) is 0. The fraction of sp³-hybridized carbons (Fsp3) is 0.891. The Hall–Kier alpha value is -1.66. The monoisotopic (exact) mass is 860 g/mol. The van der Waals surface area contributed by atoms with E-state index in [2.05, 4.69) is 31.3 Å². The molecule has 0 bridgehead atoms. The second-order valence-electron chi connectivity index (χ2n) is 18.6. The molecule has 0 aromatic rings. The second kappa shape index (κ2) is 51.0. The van der Waals surface area contributed by atoms with Gasteiger partial charge in [-0.2, -0.15) is 0 Å². The van der Waals surface area contributed by atoms with Gasteiger partial charge in [0.2, 0.25) is 5.91 Å². The van der Waals surface area contributed by atoms with Crippen LogP contribution in [-0.4, -0.2) is 47.4 Å². The largest absolute Gasteiger partial charge is 0.466 e. The molecule has 0 aromatic heterocycles. The minimum atomic E-state index is -0.853. The van der Waals surface area contributed by atoms with Crippen molar-refractivity contribution in [1.29, 1.82) is 0 Å². The van der Waals surface area contributed by atoms with Crippen molar-refractivity contribution in [3.8, 4) is 0 Å². The Kier molecular flexibility index (Phi) is 49.6. The average Bonchev–Trinajstić information content (AvgIpc) is 3.26. The number of unbranched alkanes of at least 4 members (excludes halogenated alkanes) is 37. The second-order valence-corrected chi connectivity index (χ2v) is 18.6. The van der Waals surface area contributed by atoms with Crippen LogP contribution in [0.1, 0.15) is 290 Å². The Bertz CT molecular complexity index is 951. The van der Waals surface area contributed by atoms with Gasteiger partial charge in [-0.05, 0) is 57.8 Å². The number of amides is 1. The highest BCUT2D eigenvalue weighted by Gasteiger charge is 2.18. The number of allylic oxidation sites excluding steroid dienone is 3. The van der Waals surface area contributed by atoms with Gasteiger partial charge in [-0.1, -0.05) is 244 Å². The molecule has 0 heterocycles. The molecule has 0 spiro atoms. The van der Waals surface area contributed by atoms with E-state index in [1.807, 2.05) is 6.08 Å². The average molecular weight is 860 g/mol. The number of aliphatic hydroxyl groups excluding tert-OH is 2. The van der Waals surface area contributed by atoms with Crippen LogP contribution in [0.2, 0.25) is 0 Å². The van der Waals surface area contributed by atoms with Crippen molar-refractivity contribution in [3.63, 3.8) is 0 Å². The summed E-state index contributed by atoms with van der Waals surface area (Å²) in [7, 11) is 0. The molecule has 0 aliphatic heterocycles. The zero-order chi connectivity index (χ0) is 44.4. The van der Waals surface area contributed by atoms with E-state index < -0.39 is 12.1 Å². The van der Waals surface area contributed by atoms with Gasteiger partial charge in [0.15, 0.2) is 0 Å². The summed E-state index contributed by atoms with van der Waals surface area (Å²) >= 11 is 0. The highest BCUT2D eigenvalue weighted by molar-refractivity contribution is 5.76.